The van der Waals surface area contributed by atoms with Crippen molar-refractivity contribution < 1.29 is 18.9 Å². The number of halogens is 1. The van der Waals surface area contributed by atoms with Crippen LogP contribution in [0.1, 0.15) is 64.7 Å². The zero-order valence-electron chi connectivity index (χ0n) is 15.6. The van der Waals surface area contributed by atoms with Gasteiger partial charge in [0.2, 0.25) is 6.04 Å². The lowest BCUT2D eigenvalue weighted by Crippen LogP contribution is -2.50. The predicted octanol–water partition coefficient (Wildman–Crippen LogP) is 4.27. The topological polar surface area (TPSA) is 41.3 Å². The van der Waals surface area contributed by atoms with Crippen molar-refractivity contribution in [2.45, 2.75) is 107 Å². The van der Waals surface area contributed by atoms with Crippen molar-refractivity contribution in [1.29, 1.82) is 0 Å². The third-order valence-electron chi connectivity index (χ3n) is 6.58. The summed E-state index contributed by atoms with van der Waals surface area (Å²) in [5, 5.41) is 0. The Bertz CT molecular complexity index is 546. The van der Waals surface area contributed by atoms with E-state index in [2.05, 4.69) is 27.4 Å². The average Bonchev–Trinajstić information content (AvgIpc) is 3.24. The summed E-state index contributed by atoms with van der Waals surface area (Å²) in [6, 6.07) is 0.0265. The summed E-state index contributed by atoms with van der Waals surface area (Å²) in [5.41, 5.74) is -0.221. The first-order chi connectivity index (χ1) is 12.6. The van der Waals surface area contributed by atoms with Crippen molar-refractivity contribution in [3.05, 3.63) is 11.4 Å². The summed E-state index contributed by atoms with van der Waals surface area (Å²) in [4.78, 5) is 3.64. The molecule has 6 heteroatoms. The molecule has 1 saturated carbocycles. The molecular formula is C20H30INO4. The van der Waals surface area contributed by atoms with Gasteiger partial charge < -0.3 is 23.8 Å². The summed E-state index contributed by atoms with van der Waals surface area (Å²) < 4.78 is 26.5. The fourth-order valence-electron chi connectivity index (χ4n) is 5.14. The van der Waals surface area contributed by atoms with Crippen LogP contribution in [0.4, 0.5) is 0 Å². The van der Waals surface area contributed by atoms with Gasteiger partial charge in [0.25, 0.3) is 0 Å². The van der Waals surface area contributed by atoms with E-state index in [1.807, 2.05) is 6.92 Å². The van der Waals surface area contributed by atoms with Crippen molar-refractivity contribution in [2.24, 2.45) is 0 Å². The molecule has 3 saturated heterocycles. The zero-order valence-corrected chi connectivity index (χ0v) is 17.8. The first-order valence-corrected chi connectivity index (χ1v) is 11.7. The van der Waals surface area contributed by atoms with Crippen LogP contribution in [-0.2, 0) is 18.9 Å². The van der Waals surface area contributed by atoms with Gasteiger partial charge >= 0.3 is 0 Å². The second-order valence-electron chi connectivity index (χ2n) is 8.54. The molecule has 4 rings (SSSR count). The third kappa shape index (κ3) is 3.67. The van der Waals surface area contributed by atoms with E-state index in [9.17, 15) is 0 Å². The summed E-state index contributed by atoms with van der Waals surface area (Å²) in [6.07, 6.45) is 9.86. The highest BCUT2D eigenvalue weighted by Crippen LogP contribution is 2.47. The lowest BCUT2D eigenvalue weighted by Gasteiger charge is -2.41. The van der Waals surface area contributed by atoms with Gasteiger partial charge in [0.05, 0.1) is 24.9 Å². The van der Waals surface area contributed by atoms with Gasteiger partial charge in [-0.25, -0.2) is 6.57 Å². The molecule has 0 bridgehead atoms. The molecule has 3 heterocycles. The molecule has 0 unspecified atom stereocenters. The predicted molar refractivity (Wildman–Crippen MR) is 106 cm³/mol. The number of hydrogen-bond acceptors (Lipinski definition) is 4. The van der Waals surface area contributed by atoms with Gasteiger partial charge in [-0.2, -0.15) is 0 Å². The fourth-order valence-corrected chi connectivity index (χ4v) is 6.12. The monoisotopic (exact) mass is 475 g/mol. The minimum absolute atomic E-state index is 0.0265. The molecule has 26 heavy (non-hydrogen) atoms. The summed E-state index contributed by atoms with van der Waals surface area (Å²) >= 11 is 2.44. The van der Waals surface area contributed by atoms with Crippen LogP contribution in [0.25, 0.3) is 4.85 Å². The smallest absolute Gasteiger partial charge is 0.223 e. The van der Waals surface area contributed by atoms with E-state index in [1.54, 1.807) is 0 Å². The molecule has 0 radical (unpaired) electrons. The van der Waals surface area contributed by atoms with Crippen LogP contribution in [-0.4, -0.2) is 52.9 Å². The minimum atomic E-state index is -0.341. The molecule has 3 aliphatic heterocycles. The second kappa shape index (κ2) is 7.82. The molecule has 0 aromatic heterocycles. The van der Waals surface area contributed by atoms with Crippen molar-refractivity contribution in [2.75, 3.05) is 11.0 Å². The SMILES string of the molecule is [C-]#[N+][C@H](C)C[C@H]1CC[C@@H]2O[C@@H]([C@H]3COC4(CCCCC4)O3)C[C@]2(CI)O1. The molecule has 4 aliphatic rings. The van der Waals surface area contributed by atoms with E-state index >= 15 is 0 Å². The van der Waals surface area contributed by atoms with Gasteiger partial charge in [-0.1, -0.05) is 29.0 Å². The zero-order chi connectivity index (χ0) is 18.2. The molecule has 5 nitrogen and oxygen atoms in total. The summed E-state index contributed by atoms with van der Waals surface area (Å²) in [5.74, 6) is -0.341. The first-order valence-electron chi connectivity index (χ1n) is 10.2. The Kier molecular flexibility index (Phi) is 5.83. The molecule has 0 aromatic carbocycles. The number of fused-ring (bicyclic) bond motifs is 1. The van der Waals surface area contributed by atoms with E-state index in [0.717, 1.165) is 43.0 Å². The molecule has 0 N–H and O–H groups in total. The van der Waals surface area contributed by atoms with Gasteiger partial charge in [0.1, 0.15) is 11.7 Å². The normalized spacial score (nSPS) is 43.1. The summed E-state index contributed by atoms with van der Waals surface area (Å²) in [6.45, 7) is 9.85. The Morgan fingerprint density at radius 2 is 1.96 bits per heavy atom. The van der Waals surface area contributed by atoms with Crippen molar-refractivity contribution >= 4 is 22.6 Å². The van der Waals surface area contributed by atoms with E-state index in [-0.39, 0.29) is 41.8 Å². The average molecular weight is 475 g/mol. The van der Waals surface area contributed by atoms with Crippen molar-refractivity contribution in [3.8, 4) is 0 Å². The Hall–Kier alpha value is 0.0600. The summed E-state index contributed by atoms with van der Waals surface area (Å²) in [7, 11) is 0. The van der Waals surface area contributed by atoms with Crippen LogP contribution in [0.5, 0.6) is 0 Å². The van der Waals surface area contributed by atoms with Crippen LogP contribution in [0.15, 0.2) is 0 Å². The molecule has 4 fully saturated rings. The van der Waals surface area contributed by atoms with Crippen molar-refractivity contribution in [3.63, 3.8) is 0 Å². The molecular weight excluding hydrogens is 445 g/mol. The number of ether oxygens (including phenoxy) is 4. The third-order valence-corrected chi connectivity index (χ3v) is 7.87. The van der Waals surface area contributed by atoms with E-state index in [1.165, 1.54) is 19.3 Å². The lowest BCUT2D eigenvalue weighted by atomic mass is 9.86. The quantitative estimate of drug-likeness (QED) is 0.346. The van der Waals surface area contributed by atoms with E-state index in [0.29, 0.717) is 6.61 Å². The number of hydrogen-bond donors (Lipinski definition) is 0. The van der Waals surface area contributed by atoms with Crippen LogP contribution < -0.4 is 0 Å². The Morgan fingerprint density at radius 1 is 1.15 bits per heavy atom. The maximum absolute atomic E-state index is 7.22. The van der Waals surface area contributed by atoms with Crippen LogP contribution in [0.3, 0.4) is 0 Å². The van der Waals surface area contributed by atoms with Gasteiger partial charge in [-0.15, -0.1) is 0 Å². The van der Waals surface area contributed by atoms with Gasteiger partial charge in [-0.3, -0.25) is 0 Å². The molecule has 1 spiro atoms. The van der Waals surface area contributed by atoms with Gasteiger partial charge in [0, 0.05) is 37.0 Å². The lowest BCUT2D eigenvalue weighted by molar-refractivity contribution is -0.199. The highest BCUT2D eigenvalue weighted by Gasteiger charge is 2.56. The molecule has 0 aromatic rings. The first kappa shape index (κ1) is 19.4. The highest BCUT2D eigenvalue weighted by atomic mass is 127. The van der Waals surface area contributed by atoms with Crippen LogP contribution in [0, 0.1) is 6.57 Å². The van der Waals surface area contributed by atoms with Gasteiger partial charge in [0.15, 0.2) is 5.79 Å². The Morgan fingerprint density at radius 3 is 2.69 bits per heavy atom. The number of nitrogens with zero attached hydrogens (tertiary/aromatic N) is 1. The molecule has 0 amide bonds. The largest absolute Gasteiger partial charge is 0.369 e. The molecule has 1 aliphatic carbocycles. The fraction of sp³-hybridized carbons (Fsp3) is 0.950. The Balaban J connectivity index is 1.40. The highest BCUT2D eigenvalue weighted by molar-refractivity contribution is 14.1. The number of alkyl halides is 1. The van der Waals surface area contributed by atoms with Crippen LogP contribution in [0.2, 0.25) is 0 Å². The number of rotatable bonds is 4. The molecule has 146 valence electrons. The Labute approximate surface area is 170 Å². The van der Waals surface area contributed by atoms with Crippen LogP contribution >= 0.6 is 22.6 Å². The van der Waals surface area contributed by atoms with E-state index < -0.39 is 0 Å². The minimum Gasteiger partial charge on any atom is -0.369 e. The van der Waals surface area contributed by atoms with E-state index in [4.69, 9.17) is 25.5 Å². The second-order valence-corrected chi connectivity index (χ2v) is 9.30. The molecule has 6 atom stereocenters. The van der Waals surface area contributed by atoms with Crippen molar-refractivity contribution in [1.82, 2.24) is 0 Å². The van der Waals surface area contributed by atoms with Gasteiger partial charge in [-0.05, 0) is 25.7 Å². The maximum atomic E-state index is 7.22. The standard InChI is InChI=1S/C20H30INO4/c1-14(22-2)10-15-6-7-18-19(13-21,25-15)11-16(24-18)17-12-23-20(26-17)8-4-3-5-9-20/h14-18H,3-13H2,1H3/t14-,15-,16-,17-,18+,19-/m1/s1. The maximum Gasteiger partial charge on any atom is 0.223 e.